The van der Waals surface area contributed by atoms with Crippen molar-refractivity contribution in [2.45, 2.75) is 40.1 Å². The number of hydrogen-bond donors (Lipinski definition) is 2. The van der Waals surface area contributed by atoms with Crippen molar-refractivity contribution < 1.29 is 42.1 Å². The van der Waals surface area contributed by atoms with E-state index in [-0.39, 0.29) is 47.2 Å². The zero-order chi connectivity index (χ0) is 24.7. The van der Waals surface area contributed by atoms with E-state index in [4.69, 9.17) is 18.7 Å². The van der Waals surface area contributed by atoms with Crippen molar-refractivity contribution in [1.82, 2.24) is 10.5 Å². The monoisotopic (exact) mass is 478 g/mol. The van der Waals surface area contributed by atoms with Gasteiger partial charge in [-0.2, -0.15) is 8.78 Å². The van der Waals surface area contributed by atoms with Crippen molar-refractivity contribution in [3.05, 3.63) is 53.9 Å². The summed E-state index contributed by atoms with van der Waals surface area (Å²) in [5, 5.41) is 9.99. The maximum atomic E-state index is 12.7. The maximum Gasteiger partial charge on any atom is 0.387 e. The lowest BCUT2D eigenvalue weighted by atomic mass is 10.1. The predicted molar refractivity (Wildman–Crippen MR) is 116 cm³/mol. The summed E-state index contributed by atoms with van der Waals surface area (Å²) >= 11 is 0. The summed E-state index contributed by atoms with van der Waals surface area (Å²) in [4.78, 5) is 21.9. The number of phenols is 1. The predicted octanol–water partition coefficient (Wildman–Crippen LogP) is 4.70. The van der Waals surface area contributed by atoms with Crippen LogP contribution in [0.4, 0.5) is 8.78 Å². The molecule has 3 rings (SSSR count). The van der Waals surface area contributed by atoms with Gasteiger partial charge >= 0.3 is 6.61 Å². The van der Waals surface area contributed by atoms with Crippen LogP contribution in [0.3, 0.4) is 0 Å². The number of ether oxygens (including phenoxy) is 3. The minimum atomic E-state index is -3.00. The number of aromatic hydroxyl groups is 1. The van der Waals surface area contributed by atoms with Crippen LogP contribution in [0.1, 0.15) is 36.8 Å². The summed E-state index contributed by atoms with van der Waals surface area (Å²) in [6.07, 6.45) is 1.04. The smallest absolute Gasteiger partial charge is 0.387 e. The molecule has 11 heteroatoms. The van der Waals surface area contributed by atoms with E-state index in [1.807, 2.05) is 0 Å². The Hall–Kier alpha value is -3.86. The van der Waals surface area contributed by atoms with E-state index in [1.165, 1.54) is 30.5 Å². The number of rotatable bonds is 11. The molecule has 1 amide bonds. The van der Waals surface area contributed by atoms with E-state index < -0.39 is 12.5 Å². The van der Waals surface area contributed by atoms with Gasteiger partial charge in [0.1, 0.15) is 35.6 Å². The Morgan fingerprint density at radius 1 is 1.15 bits per heavy atom. The number of hydrogen-bond acceptors (Lipinski definition) is 8. The summed E-state index contributed by atoms with van der Waals surface area (Å²) < 4.78 is 46.1. The molecule has 0 saturated heterocycles. The van der Waals surface area contributed by atoms with Gasteiger partial charge in [0.15, 0.2) is 11.5 Å². The number of carbonyl (C=O) groups is 1. The van der Waals surface area contributed by atoms with Gasteiger partial charge in [0, 0.05) is 5.56 Å². The van der Waals surface area contributed by atoms with Gasteiger partial charge in [-0.15, -0.1) is 0 Å². The minimum Gasteiger partial charge on any atom is -0.507 e. The number of hydroxylamine groups is 1. The summed E-state index contributed by atoms with van der Waals surface area (Å²) in [6.45, 7) is 2.42. The van der Waals surface area contributed by atoms with Crippen molar-refractivity contribution in [2.75, 3.05) is 6.61 Å². The highest BCUT2D eigenvalue weighted by atomic mass is 19.3. The van der Waals surface area contributed by atoms with Crippen LogP contribution < -0.4 is 19.7 Å². The molecule has 2 N–H and O–H groups in total. The Bertz CT molecular complexity index is 1120. The van der Waals surface area contributed by atoms with E-state index in [1.54, 1.807) is 32.9 Å². The number of carbonyl (C=O) groups excluding carboxylic acids is 1. The molecule has 0 bridgehead atoms. The molecule has 2 aromatic carbocycles. The second-order valence-corrected chi connectivity index (χ2v) is 7.15. The molecule has 0 spiro atoms. The van der Waals surface area contributed by atoms with Gasteiger partial charge in [-0.25, -0.2) is 10.5 Å². The fraction of sp³-hybridized carbons (Fsp3) is 0.304. The Balaban J connectivity index is 1.67. The highest BCUT2D eigenvalue weighted by Crippen LogP contribution is 2.34. The van der Waals surface area contributed by atoms with Crippen molar-refractivity contribution >= 4 is 5.91 Å². The molecule has 1 aromatic heterocycles. The zero-order valence-electron chi connectivity index (χ0n) is 18.7. The summed E-state index contributed by atoms with van der Waals surface area (Å²) in [5.74, 6) is -0.554. The normalized spacial score (nSPS) is 11.0. The van der Waals surface area contributed by atoms with Gasteiger partial charge in [-0.05, 0) is 51.1 Å². The van der Waals surface area contributed by atoms with Crippen LogP contribution >= 0.6 is 0 Å². The van der Waals surface area contributed by atoms with Crippen LogP contribution in [0.15, 0.2) is 47.1 Å². The SMILES string of the molecule is CCOc1cccc(O)c1C(=O)NOCc1coc(-c2ccc(OC(F)F)c(OC(C)C)c2)n1. The molecule has 0 unspecified atom stereocenters. The molecule has 0 aliphatic carbocycles. The van der Waals surface area contributed by atoms with Crippen LogP contribution in [-0.2, 0) is 11.4 Å². The Morgan fingerprint density at radius 2 is 1.94 bits per heavy atom. The first-order valence-electron chi connectivity index (χ1n) is 10.4. The molecule has 3 aromatic rings. The number of aromatic nitrogens is 1. The number of phenolic OH excluding ortho intramolecular Hbond substituents is 1. The maximum absolute atomic E-state index is 12.7. The third-order valence-corrected chi connectivity index (χ3v) is 4.24. The summed E-state index contributed by atoms with van der Waals surface area (Å²) in [7, 11) is 0. The number of halogens is 2. The van der Waals surface area contributed by atoms with Crippen molar-refractivity contribution in [3.63, 3.8) is 0 Å². The molecule has 9 nitrogen and oxygen atoms in total. The van der Waals surface area contributed by atoms with Crippen LogP contribution in [0, 0.1) is 0 Å². The molecule has 0 atom stereocenters. The van der Waals surface area contributed by atoms with E-state index >= 15 is 0 Å². The molecule has 0 aliphatic rings. The van der Waals surface area contributed by atoms with E-state index in [2.05, 4.69) is 15.2 Å². The van der Waals surface area contributed by atoms with Crippen LogP contribution in [0.5, 0.6) is 23.0 Å². The van der Waals surface area contributed by atoms with Gasteiger partial charge in [0.2, 0.25) is 5.89 Å². The van der Waals surface area contributed by atoms with E-state index in [0.717, 1.165) is 0 Å². The molecule has 0 aliphatic heterocycles. The number of nitrogens with zero attached hydrogens (tertiary/aromatic N) is 1. The lowest BCUT2D eigenvalue weighted by Gasteiger charge is -2.15. The standard InChI is InChI=1S/C23H24F2N2O7/c1-4-30-18-7-5-6-16(28)20(18)21(29)27-32-12-15-11-31-22(26-15)14-8-9-17(34-23(24)25)19(10-14)33-13(2)3/h5-11,13,23,28H,4,12H2,1-3H3,(H,27,29). The molecular weight excluding hydrogens is 454 g/mol. The third kappa shape index (κ3) is 6.35. The Kier molecular flexibility index (Phi) is 8.25. The number of oxazole rings is 1. The minimum absolute atomic E-state index is 0.0611. The average Bonchev–Trinajstić information content (AvgIpc) is 3.23. The van der Waals surface area contributed by atoms with E-state index in [0.29, 0.717) is 17.9 Å². The van der Waals surface area contributed by atoms with Crippen LogP contribution in [0.2, 0.25) is 0 Å². The zero-order valence-corrected chi connectivity index (χ0v) is 18.7. The second kappa shape index (κ2) is 11.3. The van der Waals surface area contributed by atoms with Gasteiger partial charge < -0.3 is 23.7 Å². The number of benzene rings is 2. The van der Waals surface area contributed by atoms with Crippen molar-refractivity contribution in [2.24, 2.45) is 0 Å². The topological polar surface area (TPSA) is 112 Å². The largest absolute Gasteiger partial charge is 0.507 e. The quantitative estimate of drug-likeness (QED) is 0.382. The van der Waals surface area contributed by atoms with Gasteiger partial charge in [0.05, 0.1) is 12.7 Å². The third-order valence-electron chi connectivity index (χ3n) is 4.24. The molecule has 0 radical (unpaired) electrons. The first-order valence-corrected chi connectivity index (χ1v) is 10.4. The molecule has 34 heavy (non-hydrogen) atoms. The summed E-state index contributed by atoms with van der Waals surface area (Å²) in [5.41, 5.74) is 2.97. The highest BCUT2D eigenvalue weighted by Gasteiger charge is 2.19. The molecule has 1 heterocycles. The number of nitrogens with one attached hydrogen (secondary N) is 1. The number of alkyl halides is 2. The lowest BCUT2D eigenvalue weighted by molar-refractivity contribution is -0.0518. The molecule has 0 saturated carbocycles. The number of amides is 1. The first-order chi connectivity index (χ1) is 16.3. The van der Waals surface area contributed by atoms with Crippen molar-refractivity contribution in [1.29, 1.82) is 0 Å². The van der Waals surface area contributed by atoms with Gasteiger partial charge in [-0.1, -0.05) is 6.07 Å². The van der Waals surface area contributed by atoms with Crippen molar-refractivity contribution in [3.8, 4) is 34.5 Å². The lowest BCUT2D eigenvalue weighted by Crippen LogP contribution is -2.24. The Labute approximate surface area is 194 Å². The van der Waals surface area contributed by atoms with Crippen LogP contribution in [-0.4, -0.2) is 35.3 Å². The molecule has 182 valence electrons. The van der Waals surface area contributed by atoms with E-state index in [9.17, 15) is 18.7 Å². The Morgan fingerprint density at radius 3 is 2.65 bits per heavy atom. The van der Waals surface area contributed by atoms with Crippen LogP contribution in [0.25, 0.3) is 11.5 Å². The first kappa shape index (κ1) is 24.8. The average molecular weight is 478 g/mol. The molecular formula is C23H24F2N2O7. The fourth-order valence-electron chi connectivity index (χ4n) is 2.94. The highest BCUT2D eigenvalue weighted by molar-refractivity contribution is 5.98. The fourth-order valence-corrected chi connectivity index (χ4v) is 2.94. The second-order valence-electron chi connectivity index (χ2n) is 7.15. The van der Waals surface area contributed by atoms with Gasteiger partial charge in [-0.3, -0.25) is 9.63 Å². The summed E-state index contributed by atoms with van der Waals surface area (Å²) in [6, 6.07) is 8.77. The van der Waals surface area contributed by atoms with Gasteiger partial charge in [0.25, 0.3) is 5.91 Å². The molecule has 0 fully saturated rings.